The van der Waals surface area contributed by atoms with Crippen LogP contribution in [0.1, 0.15) is 50.0 Å². The van der Waals surface area contributed by atoms with Crippen LogP contribution in [0.25, 0.3) is 0 Å². The first-order chi connectivity index (χ1) is 7.79. The maximum atomic E-state index is 4.64. The molecule has 2 nitrogen and oxygen atoms in total. The van der Waals surface area contributed by atoms with Crippen molar-refractivity contribution in [2.75, 3.05) is 6.54 Å². The predicted octanol–water partition coefficient (Wildman–Crippen LogP) is 3.23. The summed E-state index contributed by atoms with van der Waals surface area (Å²) in [6.07, 6.45) is 5.27. The van der Waals surface area contributed by atoms with Gasteiger partial charge in [0.15, 0.2) is 0 Å². The Labute approximate surface area is 98.5 Å². The molecule has 16 heavy (non-hydrogen) atoms. The Bertz CT molecular complexity index is 331. The highest BCUT2D eigenvalue weighted by atomic mass is 14.9. The minimum atomic E-state index is 0.465. The summed E-state index contributed by atoms with van der Waals surface area (Å²) >= 11 is 0. The number of aromatic nitrogens is 1. The van der Waals surface area contributed by atoms with Crippen molar-refractivity contribution in [2.24, 2.45) is 5.92 Å². The summed E-state index contributed by atoms with van der Waals surface area (Å²) in [5.74, 6) is 0.941. The number of rotatable bonds is 6. The van der Waals surface area contributed by atoms with E-state index in [9.17, 15) is 0 Å². The maximum absolute atomic E-state index is 4.64. The molecule has 1 aromatic rings. The number of hydrogen-bond acceptors (Lipinski definition) is 2. The standard InChI is InChI=1S/C14H22N2/c1-3-9-15-14(10-12-7-8-12)13-6-4-5-11(2)16-13/h4-6,12,14-15H,3,7-10H2,1-2H3. The zero-order valence-corrected chi connectivity index (χ0v) is 10.4. The number of aryl methyl sites for hydroxylation is 1. The van der Waals surface area contributed by atoms with Crippen LogP contribution < -0.4 is 5.32 Å². The lowest BCUT2D eigenvalue weighted by Crippen LogP contribution is -2.23. The summed E-state index contributed by atoms with van der Waals surface area (Å²) in [5, 5.41) is 3.62. The molecular formula is C14H22N2. The van der Waals surface area contributed by atoms with Crippen molar-refractivity contribution in [3.8, 4) is 0 Å². The molecule has 0 aliphatic heterocycles. The molecule has 1 unspecified atom stereocenters. The Morgan fingerprint density at radius 2 is 2.25 bits per heavy atom. The van der Waals surface area contributed by atoms with Crippen LogP contribution in [-0.4, -0.2) is 11.5 Å². The number of nitrogens with one attached hydrogen (secondary N) is 1. The average Bonchev–Trinajstić information content (AvgIpc) is 3.08. The summed E-state index contributed by atoms with van der Waals surface area (Å²) in [7, 11) is 0. The normalized spacial score (nSPS) is 17.4. The van der Waals surface area contributed by atoms with Crippen LogP contribution in [0.2, 0.25) is 0 Å². The SMILES string of the molecule is CCCNC(CC1CC1)c1cccc(C)n1. The van der Waals surface area contributed by atoms with Gasteiger partial charge in [0.1, 0.15) is 0 Å². The van der Waals surface area contributed by atoms with E-state index in [0.29, 0.717) is 6.04 Å². The highest BCUT2D eigenvalue weighted by Gasteiger charge is 2.26. The van der Waals surface area contributed by atoms with Crippen LogP contribution >= 0.6 is 0 Å². The fraction of sp³-hybridized carbons (Fsp3) is 0.643. The van der Waals surface area contributed by atoms with E-state index < -0.39 is 0 Å². The second-order valence-corrected chi connectivity index (χ2v) is 4.89. The first-order valence-corrected chi connectivity index (χ1v) is 6.46. The third kappa shape index (κ3) is 3.31. The topological polar surface area (TPSA) is 24.9 Å². The van der Waals surface area contributed by atoms with Gasteiger partial charge in [-0.25, -0.2) is 0 Å². The zero-order valence-electron chi connectivity index (χ0n) is 10.4. The van der Waals surface area contributed by atoms with E-state index in [1.54, 1.807) is 0 Å². The number of nitrogens with zero attached hydrogens (tertiary/aromatic N) is 1. The summed E-state index contributed by atoms with van der Waals surface area (Å²) in [6, 6.07) is 6.80. The molecule has 1 heterocycles. The van der Waals surface area contributed by atoms with E-state index in [0.717, 1.165) is 18.2 Å². The van der Waals surface area contributed by atoms with Crippen LogP contribution in [0.15, 0.2) is 18.2 Å². The Balaban J connectivity index is 2.03. The average molecular weight is 218 g/mol. The minimum Gasteiger partial charge on any atom is -0.309 e. The molecule has 0 saturated heterocycles. The fourth-order valence-corrected chi connectivity index (χ4v) is 2.07. The van der Waals surface area contributed by atoms with E-state index >= 15 is 0 Å². The summed E-state index contributed by atoms with van der Waals surface area (Å²) < 4.78 is 0. The highest BCUT2D eigenvalue weighted by Crippen LogP contribution is 2.37. The molecular weight excluding hydrogens is 196 g/mol. The van der Waals surface area contributed by atoms with Gasteiger partial charge in [0, 0.05) is 11.7 Å². The second kappa shape index (κ2) is 5.44. The summed E-state index contributed by atoms with van der Waals surface area (Å²) in [4.78, 5) is 4.64. The van der Waals surface area contributed by atoms with E-state index in [2.05, 4.69) is 42.3 Å². The van der Waals surface area contributed by atoms with Crippen LogP contribution in [0.4, 0.5) is 0 Å². The third-order valence-electron chi connectivity index (χ3n) is 3.17. The largest absolute Gasteiger partial charge is 0.309 e. The Morgan fingerprint density at radius 1 is 1.44 bits per heavy atom. The van der Waals surface area contributed by atoms with Crippen LogP contribution in [0.3, 0.4) is 0 Å². The van der Waals surface area contributed by atoms with Gasteiger partial charge in [0.2, 0.25) is 0 Å². The minimum absolute atomic E-state index is 0.465. The van der Waals surface area contributed by atoms with E-state index in [4.69, 9.17) is 0 Å². The van der Waals surface area contributed by atoms with Crippen LogP contribution in [-0.2, 0) is 0 Å². The first kappa shape index (κ1) is 11.6. The van der Waals surface area contributed by atoms with E-state index in [-0.39, 0.29) is 0 Å². The van der Waals surface area contributed by atoms with Gasteiger partial charge >= 0.3 is 0 Å². The molecule has 1 saturated carbocycles. The van der Waals surface area contributed by atoms with E-state index in [1.165, 1.54) is 31.4 Å². The van der Waals surface area contributed by atoms with Crippen LogP contribution in [0, 0.1) is 12.8 Å². The molecule has 1 N–H and O–H groups in total. The van der Waals surface area contributed by atoms with Crippen molar-refractivity contribution < 1.29 is 0 Å². The zero-order chi connectivity index (χ0) is 11.4. The summed E-state index contributed by atoms with van der Waals surface area (Å²) in [5.41, 5.74) is 2.34. The summed E-state index contributed by atoms with van der Waals surface area (Å²) in [6.45, 7) is 5.37. The lowest BCUT2D eigenvalue weighted by molar-refractivity contribution is 0.464. The van der Waals surface area contributed by atoms with Crippen molar-refractivity contribution in [1.82, 2.24) is 10.3 Å². The molecule has 1 atom stereocenters. The Morgan fingerprint density at radius 3 is 2.88 bits per heavy atom. The van der Waals surface area contributed by atoms with Gasteiger partial charge in [0.25, 0.3) is 0 Å². The third-order valence-corrected chi connectivity index (χ3v) is 3.17. The van der Waals surface area contributed by atoms with Gasteiger partial charge in [-0.2, -0.15) is 0 Å². The number of hydrogen-bond donors (Lipinski definition) is 1. The number of pyridine rings is 1. The highest BCUT2D eigenvalue weighted by molar-refractivity contribution is 5.14. The molecule has 1 aliphatic carbocycles. The van der Waals surface area contributed by atoms with Gasteiger partial charge in [0.05, 0.1) is 5.69 Å². The predicted molar refractivity (Wildman–Crippen MR) is 67.3 cm³/mol. The fourth-order valence-electron chi connectivity index (χ4n) is 2.07. The molecule has 1 fully saturated rings. The molecule has 2 heteroatoms. The van der Waals surface area contributed by atoms with Crippen molar-refractivity contribution in [3.05, 3.63) is 29.6 Å². The molecule has 0 radical (unpaired) electrons. The van der Waals surface area contributed by atoms with Gasteiger partial charge in [-0.3, -0.25) is 4.98 Å². The molecule has 88 valence electrons. The molecule has 2 rings (SSSR count). The van der Waals surface area contributed by atoms with Crippen LogP contribution in [0.5, 0.6) is 0 Å². The van der Waals surface area contributed by atoms with Crippen molar-refractivity contribution >= 4 is 0 Å². The monoisotopic (exact) mass is 218 g/mol. The maximum Gasteiger partial charge on any atom is 0.0576 e. The van der Waals surface area contributed by atoms with Crippen molar-refractivity contribution in [2.45, 2.75) is 45.6 Å². The van der Waals surface area contributed by atoms with Gasteiger partial charge in [-0.05, 0) is 44.4 Å². The quantitative estimate of drug-likeness (QED) is 0.793. The van der Waals surface area contributed by atoms with E-state index in [1.807, 2.05) is 0 Å². The molecule has 0 aromatic carbocycles. The van der Waals surface area contributed by atoms with Crippen molar-refractivity contribution in [1.29, 1.82) is 0 Å². The lowest BCUT2D eigenvalue weighted by Gasteiger charge is -2.18. The second-order valence-electron chi connectivity index (χ2n) is 4.89. The first-order valence-electron chi connectivity index (χ1n) is 6.46. The Kier molecular flexibility index (Phi) is 3.94. The smallest absolute Gasteiger partial charge is 0.0576 e. The molecule has 0 spiro atoms. The molecule has 0 bridgehead atoms. The van der Waals surface area contributed by atoms with Gasteiger partial charge < -0.3 is 5.32 Å². The molecule has 0 amide bonds. The molecule has 1 aromatic heterocycles. The lowest BCUT2D eigenvalue weighted by atomic mass is 10.1. The Hall–Kier alpha value is -0.890. The molecule has 1 aliphatic rings. The van der Waals surface area contributed by atoms with Gasteiger partial charge in [-0.1, -0.05) is 25.8 Å². The van der Waals surface area contributed by atoms with Crippen molar-refractivity contribution in [3.63, 3.8) is 0 Å². The van der Waals surface area contributed by atoms with Gasteiger partial charge in [-0.15, -0.1) is 0 Å².